The summed E-state index contributed by atoms with van der Waals surface area (Å²) < 4.78 is 11.5. The maximum absolute atomic E-state index is 11.2. The lowest BCUT2D eigenvalue weighted by molar-refractivity contribution is 0.0692. The molecule has 0 bridgehead atoms. The number of para-hydroxylation sites is 2. The van der Waals surface area contributed by atoms with E-state index < -0.39 is 5.97 Å². The largest absolute Gasteiger partial charge is 0.493 e. The van der Waals surface area contributed by atoms with E-state index in [4.69, 9.17) is 9.47 Å². The molecule has 1 aliphatic rings. The Labute approximate surface area is 164 Å². The number of carbonyl (C=O) groups is 1. The lowest BCUT2D eigenvalue weighted by atomic mass is 9.94. The summed E-state index contributed by atoms with van der Waals surface area (Å²) in [6.07, 6.45) is 2.80. The van der Waals surface area contributed by atoms with Crippen molar-refractivity contribution in [3.05, 3.63) is 83.4 Å². The normalized spacial score (nSPS) is 11.9. The fourth-order valence-corrected chi connectivity index (χ4v) is 3.51. The summed E-state index contributed by atoms with van der Waals surface area (Å²) in [6.45, 7) is 1.12. The average Bonchev–Trinajstić information content (AvgIpc) is 2.73. The minimum atomic E-state index is -0.964. The van der Waals surface area contributed by atoms with Crippen LogP contribution in [-0.4, -0.2) is 17.7 Å². The molecule has 4 nitrogen and oxygen atoms in total. The summed E-state index contributed by atoms with van der Waals surface area (Å²) in [6, 6.07) is 21.5. The first kappa shape index (κ1) is 18.1. The predicted octanol–water partition coefficient (Wildman–Crippen LogP) is 5.35. The molecule has 0 aliphatic carbocycles. The highest BCUT2D eigenvalue weighted by atomic mass is 16.5. The van der Waals surface area contributed by atoms with E-state index >= 15 is 0 Å². The SMILES string of the molecule is O=C(O)c1ccccc1OCCCCc1ccc2c(c1)-c1ccccc1OC2. The molecule has 0 amide bonds. The average molecular weight is 374 g/mol. The molecule has 0 unspecified atom stereocenters. The van der Waals surface area contributed by atoms with Gasteiger partial charge in [0.1, 0.15) is 23.7 Å². The summed E-state index contributed by atoms with van der Waals surface area (Å²) in [5, 5.41) is 9.19. The van der Waals surface area contributed by atoms with Crippen LogP contribution < -0.4 is 9.47 Å². The Morgan fingerprint density at radius 3 is 2.68 bits per heavy atom. The first-order valence-corrected chi connectivity index (χ1v) is 9.51. The molecular formula is C24H22O4. The second kappa shape index (κ2) is 8.17. The Bertz CT molecular complexity index is 993. The van der Waals surface area contributed by atoms with Crippen molar-refractivity contribution >= 4 is 5.97 Å². The molecule has 4 heteroatoms. The van der Waals surface area contributed by atoms with Gasteiger partial charge >= 0.3 is 5.97 Å². The molecule has 3 aromatic rings. The van der Waals surface area contributed by atoms with Crippen molar-refractivity contribution in [2.45, 2.75) is 25.9 Å². The summed E-state index contributed by atoms with van der Waals surface area (Å²) in [7, 11) is 0. The third kappa shape index (κ3) is 3.86. The fourth-order valence-electron chi connectivity index (χ4n) is 3.51. The van der Waals surface area contributed by atoms with Crippen LogP contribution in [0.5, 0.6) is 11.5 Å². The summed E-state index contributed by atoms with van der Waals surface area (Å²) >= 11 is 0. The van der Waals surface area contributed by atoms with Gasteiger partial charge in [-0.1, -0.05) is 48.5 Å². The van der Waals surface area contributed by atoms with Crippen molar-refractivity contribution < 1.29 is 19.4 Å². The molecule has 3 aromatic carbocycles. The van der Waals surface area contributed by atoms with E-state index in [2.05, 4.69) is 24.3 Å². The zero-order valence-electron chi connectivity index (χ0n) is 15.6. The van der Waals surface area contributed by atoms with Gasteiger partial charge < -0.3 is 14.6 Å². The highest BCUT2D eigenvalue weighted by Gasteiger charge is 2.16. The Morgan fingerprint density at radius 2 is 1.79 bits per heavy atom. The van der Waals surface area contributed by atoms with E-state index in [1.807, 2.05) is 18.2 Å². The molecule has 0 saturated carbocycles. The maximum Gasteiger partial charge on any atom is 0.339 e. The molecule has 0 spiro atoms. The number of carboxylic acid groups (broad SMARTS) is 1. The molecule has 1 heterocycles. The van der Waals surface area contributed by atoms with Crippen molar-refractivity contribution in [1.29, 1.82) is 0 Å². The zero-order chi connectivity index (χ0) is 19.3. The summed E-state index contributed by atoms with van der Waals surface area (Å²) in [5.41, 5.74) is 5.13. The lowest BCUT2D eigenvalue weighted by Crippen LogP contribution is -2.06. The molecular weight excluding hydrogens is 352 g/mol. The number of benzene rings is 3. The lowest BCUT2D eigenvalue weighted by Gasteiger charge is -2.21. The van der Waals surface area contributed by atoms with Crippen LogP contribution in [0.4, 0.5) is 0 Å². The molecule has 0 aromatic heterocycles. The number of aromatic carboxylic acids is 1. The van der Waals surface area contributed by atoms with Gasteiger partial charge in [0.05, 0.1) is 6.61 Å². The van der Waals surface area contributed by atoms with Crippen LogP contribution in [0.1, 0.15) is 34.3 Å². The predicted molar refractivity (Wildman–Crippen MR) is 108 cm³/mol. The van der Waals surface area contributed by atoms with Crippen LogP contribution in [0.2, 0.25) is 0 Å². The third-order valence-electron chi connectivity index (χ3n) is 4.97. The Morgan fingerprint density at radius 1 is 0.964 bits per heavy atom. The number of rotatable bonds is 7. The van der Waals surface area contributed by atoms with Crippen molar-refractivity contribution in [1.82, 2.24) is 0 Å². The fraction of sp³-hybridized carbons (Fsp3) is 0.208. The van der Waals surface area contributed by atoms with Gasteiger partial charge in [-0.15, -0.1) is 0 Å². The number of hydrogen-bond acceptors (Lipinski definition) is 3. The van der Waals surface area contributed by atoms with Gasteiger partial charge in [0, 0.05) is 5.56 Å². The van der Waals surface area contributed by atoms with Gasteiger partial charge in [-0.05, 0) is 54.2 Å². The monoisotopic (exact) mass is 374 g/mol. The Kier molecular flexibility index (Phi) is 5.29. The Balaban J connectivity index is 1.34. The number of fused-ring (bicyclic) bond motifs is 3. The van der Waals surface area contributed by atoms with Crippen molar-refractivity contribution in [2.24, 2.45) is 0 Å². The van der Waals surface area contributed by atoms with Gasteiger partial charge in [0.25, 0.3) is 0 Å². The number of aryl methyl sites for hydroxylation is 1. The van der Waals surface area contributed by atoms with Crippen molar-refractivity contribution in [3.8, 4) is 22.6 Å². The van der Waals surface area contributed by atoms with E-state index in [0.717, 1.165) is 30.6 Å². The highest BCUT2D eigenvalue weighted by molar-refractivity contribution is 5.90. The standard InChI is InChI=1S/C24H22O4/c25-24(26)20-9-2-4-11-23(20)27-14-6-5-7-17-12-13-18-16-28-22-10-3-1-8-19(22)21(18)15-17/h1-4,8-13,15H,5-7,14,16H2,(H,25,26). The highest BCUT2D eigenvalue weighted by Crippen LogP contribution is 2.37. The van der Waals surface area contributed by atoms with E-state index in [1.165, 1.54) is 16.7 Å². The van der Waals surface area contributed by atoms with Gasteiger partial charge in [0.2, 0.25) is 0 Å². The van der Waals surface area contributed by atoms with Crippen molar-refractivity contribution in [2.75, 3.05) is 6.61 Å². The number of unbranched alkanes of at least 4 members (excludes halogenated alkanes) is 1. The number of carboxylic acids is 1. The molecule has 4 rings (SSSR count). The topological polar surface area (TPSA) is 55.8 Å². The van der Waals surface area contributed by atoms with E-state index in [0.29, 0.717) is 19.0 Å². The van der Waals surface area contributed by atoms with Gasteiger partial charge in [-0.25, -0.2) is 4.79 Å². The van der Waals surface area contributed by atoms with Gasteiger partial charge in [-0.3, -0.25) is 0 Å². The second-order valence-corrected chi connectivity index (χ2v) is 6.88. The number of ether oxygens (including phenoxy) is 2. The van der Waals surface area contributed by atoms with E-state index in [1.54, 1.807) is 24.3 Å². The molecule has 142 valence electrons. The van der Waals surface area contributed by atoms with E-state index in [-0.39, 0.29) is 5.56 Å². The van der Waals surface area contributed by atoms with Crippen molar-refractivity contribution in [3.63, 3.8) is 0 Å². The Hall–Kier alpha value is -3.27. The molecule has 1 aliphatic heterocycles. The first-order valence-electron chi connectivity index (χ1n) is 9.51. The zero-order valence-corrected chi connectivity index (χ0v) is 15.6. The summed E-state index contributed by atoms with van der Waals surface area (Å²) in [5.74, 6) is 0.409. The second-order valence-electron chi connectivity index (χ2n) is 6.88. The van der Waals surface area contributed by atoms with Gasteiger partial charge in [-0.2, -0.15) is 0 Å². The van der Waals surface area contributed by atoms with Crippen LogP contribution in [0.25, 0.3) is 11.1 Å². The molecule has 0 radical (unpaired) electrons. The molecule has 28 heavy (non-hydrogen) atoms. The molecule has 0 saturated heterocycles. The van der Waals surface area contributed by atoms with Crippen LogP contribution in [0, 0.1) is 0 Å². The van der Waals surface area contributed by atoms with Crippen LogP contribution in [0.15, 0.2) is 66.7 Å². The molecule has 0 atom stereocenters. The quantitative estimate of drug-likeness (QED) is 0.567. The van der Waals surface area contributed by atoms with Crippen LogP contribution in [0.3, 0.4) is 0 Å². The van der Waals surface area contributed by atoms with E-state index in [9.17, 15) is 9.90 Å². The smallest absolute Gasteiger partial charge is 0.339 e. The minimum Gasteiger partial charge on any atom is -0.493 e. The number of hydrogen-bond donors (Lipinski definition) is 1. The third-order valence-corrected chi connectivity index (χ3v) is 4.97. The molecule has 1 N–H and O–H groups in total. The van der Waals surface area contributed by atoms with Crippen LogP contribution >= 0.6 is 0 Å². The van der Waals surface area contributed by atoms with Gasteiger partial charge in [0.15, 0.2) is 0 Å². The maximum atomic E-state index is 11.2. The molecule has 0 fully saturated rings. The minimum absolute atomic E-state index is 0.207. The summed E-state index contributed by atoms with van der Waals surface area (Å²) in [4.78, 5) is 11.2. The first-order chi connectivity index (χ1) is 13.7. The van der Waals surface area contributed by atoms with Crippen LogP contribution in [-0.2, 0) is 13.0 Å².